The molecule has 1 amide bonds. The smallest absolute Gasteiger partial charge is 0.262 e. The van der Waals surface area contributed by atoms with E-state index >= 15 is 0 Å². The van der Waals surface area contributed by atoms with Gasteiger partial charge in [0.05, 0.1) is 11.7 Å². The predicted molar refractivity (Wildman–Crippen MR) is 114 cm³/mol. The van der Waals surface area contributed by atoms with E-state index in [1.165, 1.54) is 15.8 Å². The van der Waals surface area contributed by atoms with Gasteiger partial charge in [-0.15, -0.1) is 11.3 Å². The summed E-state index contributed by atoms with van der Waals surface area (Å²) in [5.74, 6) is 0.408. The highest BCUT2D eigenvalue weighted by Gasteiger charge is 2.23. The van der Waals surface area contributed by atoms with Gasteiger partial charge in [0.25, 0.3) is 5.56 Å². The van der Waals surface area contributed by atoms with Gasteiger partial charge >= 0.3 is 0 Å². The lowest BCUT2D eigenvalue weighted by Crippen LogP contribution is -2.28. The van der Waals surface area contributed by atoms with Gasteiger partial charge in [-0.05, 0) is 55.0 Å². The first-order valence-corrected chi connectivity index (χ1v) is 10.3. The summed E-state index contributed by atoms with van der Waals surface area (Å²) >= 11 is 1.62. The van der Waals surface area contributed by atoms with Crippen LogP contribution in [0.3, 0.4) is 0 Å². The van der Waals surface area contributed by atoms with Gasteiger partial charge in [-0.1, -0.05) is 6.92 Å². The van der Waals surface area contributed by atoms with Crippen molar-refractivity contribution in [1.82, 2.24) is 9.55 Å². The van der Waals surface area contributed by atoms with Crippen LogP contribution >= 0.6 is 11.3 Å². The SMILES string of the molecule is C[C@H]1CCc2c(sc3ncn(CC(=O)Nc4ccc(N(C)C)cc4)c(=O)c23)C1. The molecule has 7 heteroatoms. The number of hydrogen-bond donors (Lipinski definition) is 1. The van der Waals surface area contributed by atoms with Crippen LogP contribution in [0, 0.1) is 5.92 Å². The fraction of sp³-hybridized carbons (Fsp3) is 0.381. The van der Waals surface area contributed by atoms with Crippen molar-refractivity contribution in [1.29, 1.82) is 0 Å². The number of amides is 1. The Kier molecular flexibility index (Phi) is 4.93. The summed E-state index contributed by atoms with van der Waals surface area (Å²) in [4.78, 5) is 34.0. The number of aryl methyl sites for hydroxylation is 1. The molecule has 146 valence electrons. The van der Waals surface area contributed by atoms with Crippen molar-refractivity contribution < 1.29 is 4.79 Å². The molecule has 2 heterocycles. The zero-order valence-corrected chi connectivity index (χ0v) is 17.2. The molecule has 0 radical (unpaired) electrons. The van der Waals surface area contributed by atoms with Crippen molar-refractivity contribution in [3.05, 3.63) is 51.4 Å². The molecule has 0 unspecified atom stereocenters. The summed E-state index contributed by atoms with van der Waals surface area (Å²) in [5.41, 5.74) is 2.79. The zero-order valence-electron chi connectivity index (χ0n) is 16.4. The highest BCUT2D eigenvalue weighted by Crippen LogP contribution is 2.35. The molecule has 0 fully saturated rings. The van der Waals surface area contributed by atoms with E-state index in [0.717, 1.165) is 35.3 Å². The lowest BCUT2D eigenvalue weighted by Gasteiger charge is -2.17. The maximum absolute atomic E-state index is 13.0. The van der Waals surface area contributed by atoms with Gasteiger partial charge in [0.2, 0.25) is 5.91 Å². The molecule has 3 aromatic rings. The van der Waals surface area contributed by atoms with Gasteiger partial charge < -0.3 is 10.2 Å². The summed E-state index contributed by atoms with van der Waals surface area (Å²) in [6, 6.07) is 7.59. The third-order valence-corrected chi connectivity index (χ3v) is 6.43. The van der Waals surface area contributed by atoms with Gasteiger partial charge in [-0.25, -0.2) is 4.98 Å². The highest BCUT2D eigenvalue weighted by atomic mass is 32.1. The number of aromatic nitrogens is 2. The van der Waals surface area contributed by atoms with Crippen LogP contribution in [-0.4, -0.2) is 29.6 Å². The zero-order chi connectivity index (χ0) is 19.8. The number of hydrogen-bond acceptors (Lipinski definition) is 5. The second kappa shape index (κ2) is 7.39. The van der Waals surface area contributed by atoms with Crippen molar-refractivity contribution in [2.24, 2.45) is 5.92 Å². The molecular formula is C21H24N4O2S. The van der Waals surface area contributed by atoms with Gasteiger partial charge in [0.15, 0.2) is 0 Å². The standard InChI is InChI=1S/C21H24N4O2S/c1-13-4-9-16-17(10-13)28-20-19(16)21(27)25(12-22-20)11-18(26)23-14-5-7-15(8-6-14)24(2)3/h5-8,12-13H,4,9-11H2,1-3H3,(H,23,26)/t13-/m0/s1. The Balaban J connectivity index is 1.55. The number of anilines is 2. The Hall–Kier alpha value is -2.67. The molecule has 4 rings (SSSR count). The first-order valence-electron chi connectivity index (χ1n) is 9.49. The summed E-state index contributed by atoms with van der Waals surface area (Å²) in [5, 5.41) is 3.56. The minimum atomic E-state index is -0.237. The lowest BCUT2D eigenvalue weighted by atomic mass is 9.89. The quantitative estimate of drug-likeness (QED) is 0.735. The number of rotatable bonds is 4. The molecule has 1 aliphatic rings. The highest BCUT2D eigenvalue weighted by molar-refractivity contribution is 7.18. The Morgan fingerprint density at radius 1 is 1.32 bits per heavy atom. The molecule has 1 atom stereocenters. The van der Waals surface area contributed by atoms with Crippen LogP contribution in [0.2, 0.25) is 0 Å². The number of nitrogens with one attached hydrogen (secondary N) is 1. The van der Waals surface area contributed by atoms with Crippen molar-refractivity contribution in [3.63, 3.8) is 0 Å². The van der Waals surface area contributed by atoms with E-state index < -0.39 is 0 Å². The summed E-state index contributed by atoms with van der Waals surface area (Å²) < 4.78 is 1.41. The van der Waals surface area contributed by atoms with Crippen LogP contribution in [0.15, 0.2) is 35.4 Å². The van der Waals surface area contributed by atoms with E-state index in [4.69, 9.17) is 0 Å². The summed E-state index contributed by atoms with van der Waals surface area (Å²) in [7, 11) is 3.93. The van der Waals surface area contributed by atoms with E-state index in [9.17, 15) is 9.59 Å². The number of fused-ring (bicyclic) bond motifs is 3. The minimum absolute atomic E-state index is 0.0434. The first kappa shape index (κ1) is 18.7. The van der Waals surface area contributed by atoms with Gasteiger partial charge in [-0.3, -0.25) is 14.2 Å². The van der Waals surface area contributed by atoms with E-state index in [0.29, 0.717) is 17.0 Å². The number of thiophene rings is 1. The number of carbonyl (C=O) groups excluding carboxylic acids is 1. The average Bonchev–Trinajstić information content (AvgIpc) is 3.02. The van der Waals surface area contributed by atoms with E-state index in [1.54, 1.807) is 11.3 Å². The third-order valence-electron chi connectivity index (χ3n) is 5.26. The fourth-order valence-electron chi connectivity index (χ4n) is 3.68. The molecule has 1 aliphatic carbocycles. The van der Waals surface area contributed by atoms with Crippen LogP contribution in [0.4, 0.5) is 11.4 Å². The molecule has 28 heavy (non-hydrogen) atoms. The Bertz CT molecular complexity index is 1080. The second-order valence-corrected chi connectivity index (χ2v) is 8.78. The fourth-order valence-corrected chi connectivity index (χ4v) is 5.02. The van der Waals surface area contributed by atoms with E-state index in [1.807, 2.05) is 43.3 Å². The lowest BCUT2D eigenvalue weighted by molar-refractivity contribution is -0.116. The van der Waals surface area contributed by atoms with Gasteiger partial charge in [-0.2, -0.15) is 0 Å². The monoisotopic (exact) mass is 396 g/mol. The molecule has 6 nitrogen and oxygen atoms in total. The number of carbonyl (C=O) groups is 1. The Labute approximate surface area is 167 Å². The van der Waals surface area contributed by atoms with Crippen molar-refractivity contribution in [3.8, 4) is 0 Å². The first-order chi connectivity index (χ1) is 13.4. The topological polar surface area (TPSA) is 67.2 Å². The summed E-state index contributed by atoms with van der Waals surface area (Å²) in [6.07, 6.45) is 4.52. The van der Waals surface area contributed by atoms with Crippen molar-refractivity contribution in [2.75, 3.05) is 24.3 Å². The maximum atomic E-state index is 13.0. The van der Waals surface area contributed by atoms with Gasteiger partial charge in [0.1, 0.15) is 11.4 Å². The number of benzene rings is 1. The molecular weight excluding hydrogens is 372 g/mol. The predicted octanol–water partition coefficient (Wildman–Crippen LogP) is 3.29. The Morgan fingerprint density at radius 3 is 2.79 bits per heavy atom. The average molecular weight is 397 g/mol. The second-order valence-electron chi connectivity index (χ2n) is 7.70. The Morgan fingerprint density at radius 2 is 2.07 bits per heavy atom. The largest absolute Gasteiger partial charge is 0.378 e. The van der Waals surface area contributed by atoms with Gasteiger partial charge in [0, 0.05) is 30.3 Å². The van der Waals surface area contributed by atoms with Crippen molar-refractivity contribution in [2.45, 2.75) is 32.7 Å². The van der Waals surface area contributed by atoms with Crippen LogP contribution in [-0.2, 0) is 24.2 Å². The molecule has 1 N–H and O–H groups in total. The van der Waals surface area contributed by atoms with Crippen molar-refractivity contribution >= 4 is 38.8 Å². The number of nitrogens with zero attached hydrogens (tertiary/aromatic N) is 3. The molecule has 0 aliphatic heterocycles. The third kappa shape index (κ3) is 3.54. The molecule has 0 spiro atoms. The van der Waals surface area contributed by atoms with Crippen LogP contribution in [0.1, 0.15) is 23.8 Å². The molecule has 0 saturated carbocycles. The van der Waals surface area contributed by atoms with Crippen LogP contribution < -0.4 is 15.8 Å². The van der Waals surface area contributed by atoms with Crippen LogP contribution in [0.5, 0.6) is 0 Å². The minimum Gasteiger partial charge on any atom is -0.378 e. The molecule has 0 saturated heterocycles. The molecule has 0 bridgehead atoms. The molecule has 1 aromatic carbocycles. The summed E-state index contributed by atoms with van der Waals surface area (Å²) in [6.45, 7) is 2.20. The maximum Gasteiger partial charge on any atom is 0.262 e. The van der Waals surface area contributed by atoms with E-state index in [2.05, 4.69) is 17.2 Å². The molecule has 2 aromatic heterocycles. The normalized spacial score (nSPS) is 16.0. The van der Waals surface area contributed by atoms with E-state index in [-0.39, 0.29) is 18.0 Å². The van der Waals surface area contributed by atoms with Crippen LogP contribution in [0.25, 0.3) is 10.2 Å².